The number of hydrogen-bond acceptors (Lipinski definition) is 3. The Morgan fingerprint density at radius 1 is 1.32 bits per heavy atom. The first-order valence-corrected chi connectivity index (χ1v) is 6.92. The predicted molar refractivity (Wildman–Crippen MR) is 71.3 cm³/mol. The maximum atomic E-state index is 11.6. The van der Waals surface area contributed by atoms with Crippen molar-refractivity contribution in [3.05, 3.63) is 29.3 Å². The van der Waals surface area contributed by atoms with E-state index in [1.54, 1.807) is 7.11 Å². The molecular weight excluding hydrogens is 242 g/mol. The van der Waals surface area contributed by atoms with E-state index in [1.807, 2.05) is 12.1 Å². The summed E-state index contributed by atoms with van der Waals surface area (Å²) in [5.41, 5.74) is 2.29. The second-order valence-corrected chi connectivity index (χ2v) is 5.21. The average Bonchev–Trinajstić information content (AvgIpc) is 2.80. The highest BCUT2D eigenvalue weighted by Crippen LogP contribution is 2.38. The van der Waals surface area contributed by atoms with Gasteiger partial charge in [0.15, 0.2) is 6.10 Å². The van der Waals surface area contributed by atoms with E-state index in [1.165, 1.54) is 18.4 Å². The van der Waals surface area contributed by atoms with Crippen molar-refractivity contribution in [1.82, 2.24) is 5.32 Å². The maximum Gasteiger partial charge on any atom is 0.408 e. The van der Waals surface area contributed by atoms with Gasteiger partial charge in [-0.3, -0.25) is 0 Å². The minimum Gasteiger partial charge on any atom is -0.496 e. The summed E-state index contributed by atoms with van der Waals surface area (Å²) >= 11 is 0. The van der Waals surface area contributed by atoms with E-state index >= 15 is 0 Å². The normalized spacial score (nSPS) is 26.1. The smallest absolute Gasteiger partial charge is 0.408 e. The summed E-state index contributed by atoms with van der Waals surface area (Å²) in [6.07, 6.45) is 4.95. The molecule has 1 unspecified atom stereocenters. The Morgan fingerprint density at radius 3 is 3.05 bits per heavy atom. The van der Waals surface area contributed by atoms with Crippen molar-refractivity contribution in [3.63, 3.8) is 0 Å². The molecule has 0 spiro atoms. The van der Waals surface area contributed by atoms with Crippen molar-refractivity contribution in [2.75, 3.05) is 7.11 Å². The number of ether oxygens (including phenoxy) is 2. The highest BCUT2D eigenvalue weighted by atomic mass is 16.6. The number of methoxy groups -OCH3 is 1. The van der Waals surface area contributed by atoms with E-state index < -0.39 is 0 Å². The molecule has 2 aliphatic rings. The van der Waals surface area contributed by atoms with Gasteiger partial charge in [0, 0.05) is 5.56 Å². The fraction of sp³-hybridized carbons (Fsp3) is 0.533. The highest BCUT2D eigenvalue weighted by Gasteiger charge is 2.38. The fourth-order valence-electron chi connectivity index (χ4n) is 3.11. The van der Waals surface area contributed by atoms with E-state index in [4.69, 9.17) is 9.47 Å². The summed E-state index contributed by atoms with van der Waals surface area (Å²) in [5.74, 6) is 0.825. The third-order valence-electron chi connectivity index (χ3n) is 4.02. The summed E-state index contributed by atoms with van der Waals surface area (Å²) in [5, 5.41) is 2.93. The molecule has 2 atom stereocenters. The van der Waals surface area contributed by atoms with Gasteiger partial charge in [0.2, 0.25) is 0 Å². The Kier molecular flexibility index (Phi) is 3.32. The summed E-state index contributed by atoms with van der Waals surface area (Å²) in [6, 6.07) is 6.14. The van der Waals surface area contributed by atoms with Crippen molar-refractivity contribution in [3.8, 4) is 5.75 Å². The zero-order chi connectivity index (χ0) is 13.2. The third kappa shape index (κ3) is 2.27. The molecule has 1 saturated heterocycles. The molecule has 0 radical (unpaired) electrons. The number of benzene rings is 1. The average molecular weight is 261 g/mol. The van der Waals surface area contributed by atoms with Crippen molar-refractivity contribution >= 4 is 6.09 Å². The molecule has 1 aromatic carbocycles. The van der Waals surface area contributed by atoms with Gasteiger partial charge in [-0.2, -0.15) is 0 Å². The molecule has 0 saturated carbocycles. The van der Waals surface area contributed by atoms with Crippen LogP contribution in [-0.2, 0) is 11.2 Å². The Morgan fingerprint density at radius 2 is 2.21 bits per heavy atom. The number of carbonyl (C=O) groups excluding carboxylic acids is 1. The quantitative estimate of drug-likeness (QED) is 0.845. The lowest BCUT2D eigenvalue weighted by Crippen LogP contribution is -2.27. The van der Waals surface area contributed by atoms with Gasteiger partial charge in [0.05, 0.1) is 13.2 Å². The molecule has 1 amide bonds. The van der Waals surface area contributed by atoms with Crippen molar-refractivity contribution in [2.45, 2.75) is 44.2 Å². The van der Waals surface area contributed by atoms with Crippen LogP contribution in [0.2, 0.25) is 0 Å². The van der Waals surface area contributed by atoms with Crippen molar-refractivity contribution in [1.29, 1.82) is 0 Å². The van der Waals surface area contributed by atoms with Gasteiger partial charge in [0.1, 0.15) is 5.75 Å². The number of nitrogens with one attached hydrogen (secondary N) is 1. The van der Waals surface area contributed by atoms with Crippen LogP contribution in [0.5, 0.6) is 5.75 Å². The second kappa shape index (κ2) is 5.11. The molecule has 1 N–H and O–H groups in total. The van der Waals surface area contributed by atoms with Crippen LogP contribution >= 0.6 is 0 Å². The van der Waals surface area contributed by atoms with E-state index in [0.717, 1.165) is 30.6 Å². The van der Waals surface area contributed by atoms with Gasteiger partial charge in [-0.25, -0.2) is 4.79 Å². The zero-order valence-electron chi connectivity index (χ0n) is 11.1. The van der Waals surface area contributed by atoms with Crippen LogP contribution in [0.1, 0.15) is 42.9 Å². The van der Waals surface area contributed by atoms with Crippen LogP contribution in [-0.4, -0.2) is 19.2 Å². The summed E-state index contributed by atoms with van der Waals surface area (Å²) in [6.45, 7) is 0. The van der Waals surface area contributed by atoms with Crippen LogP contribution < -0.4 is 10.1 Å². The molecule has 19 heavy (non-hydrogen) atoms. The lowest BCUT2D eigenvalue weighted by Gasteiger charge is -2.21. The Balaban J connectivity index is 2.07. The zero-order valence-corrected chi connectivity index (χ0v) is 11.1. The Bertz CT molecular complexity index is 486. The summed E-state index contributed by atoms with van der Waals surface area (Å²) < 4.78 is 11.0. The van der Waals surface area contributed by atoms with Crippen LogP contribution in [0.25, 0.3) is 0 Å². The second-order valence-electron chi connectivity index (χ2n) is 5.21. The molecule has 4 heteroatoms. The molecule has 1 aromatic rings. The molecule has 0 aromatic heterocycles. The molecule has 1 aliphatic heterocycles. The van der Waals surface area contributed by atoms with Gasteiger partial charge < -0.3 is 14.8 Å². The lowest BCUT2D eigenvalue weighted by atomic mass is 9.94. The number of carbonyl (C=O) groups is 1. The molecule has 1 heterocycles. The van der Waals surface area contributed by atoms with Crippen LogP contribution in [0.3, 0.4) is 0 Å². The Hall–Kier alpha value is -1.71. The van der Waals surface area contributed by atoms with Crippen molar-refractivity contribution in [2.24, 2.45) is 0 Å². The molecule has 1 aliphatic carbocycles. The van der Waals surface area contributed by atoms with Gasteiger partial charge in [-0.1, -0.05) is 25.0 Å². The minimum absolute atomic E-state index is 0.0700. The summed E-state index contributed by atoms with van der Waals surface area (Å²) in [7, 11) is 1.67. The monoisotopic (exact) mass is 261 g/mol. The van der Waals surface area contributed by atoms with E-state index in [-0.39, 0.29) is 18.2 Å². The van der Waals surface area contributed by atoms with Crippen LogP contribution in [0, 0.1) is 0 Å². The number of rotatable bonds is 1. The van der Waals surface area contributed by atoms with E-state index in [0.29, 0.717) is 0 Å². The molecular formula is C15H19NO3. The molecule has 1 fully saturated rings. The first-order chi connectivity index (χ1) is 9.29. The number of alkyl carbamates (subject to hydrolysis) is 1. The van der Waals surface area contributed by atoms with E-state index in [2.05, 4.69) is 11.4 Å². The van der Waals surface area contributed by atoms with Crippen molar-refractivity contribution < 1.29 is 14.3 Å². The van der Waals surface area contributed by atoms with Crippen LogP contribution in [0.15, 0.2) is 18.2 Å². The number of amides is 1. The standard InChI is InChI=1S/C15H19NO3/c1-18-12-9-5-7-10-6-3-2-4-8-11-14(13(10)12)19-15(17)16-11/h5,7,9,11,14H,2-4,6,8H2,1H3,(H,16,17)/t11?,14-/m0/s1. The van der Waals surface area contributed by atoms with Gasteiger partial charge in [-0.05, 0) is 30.9 Å². The topological polar surface area (TPSA) is 47.6 Å². The van der Waals surface area contributed by atoms with Gasteiger partial charge in [-0.15, -0.1) is 0 Å². The highest BCUT2D eigenvalue weighted by molar-refractivity contribution is 5.71. The third-order valence-corrected chi connectivity index (χ3v) is 4.02. The molecule has 3 rings (SSSR count). The van der Waals surface area contributed by atoms with E-state index in [9.17, 15) is 4.79 Å². The molecule has 4 nitrogen and oxygen atoms in total. The summed E-state index contributed by atoms with van der Waals surface area (Å²) in [4.78, 5) is 11.6. The molecule has 0 bridgehead atoms. The molecule has 102 valence electrons. The lowest BCUT2D eigenvalue weighted by molar-refractivity contribution is 0.128. The van der Waals surface area contributed by atoms with Gasteiger partial charge >= 0.3 is 6.09 Å². The number of hydrogen-bond donors (Lipinski definition) is 1. The van der Waals surface area contributed by atoms with Crippen LogP contribution in [0.4, 0.5) is 4.79 Å². The number of aryl methyl sites for hydroxylation is 1. The first kappa shape index (κ1) is 12.3. The predicted octanol–water partition coefficient (Wildman–Crippen LogP) is 2.96. The number of fused-ring (bicyclic) bond motifs is 3. The maximum absolute atomic E-state index is 11.6. The first-order valence-electron chi connectivity index (χ1n) is 6.92. The largest absolute Gasteiger partial charge is 0.496 e. The Labute approximate surface area is 113 Å². The SMILES string of the molecule is COc1cccc2c1[C@H]1OC(=O)NC1CCCCC2. The minimum atomic E-state index is -0.313. The fourth-order valence-corrected chi connectivity index (χ4v) is 3.11. The van der Waals surface area contributed by atoms with Gasteiger partial charge in [0.25, 0.3) is 0 Å².